The van der Waals surface area contributed by atoms with Gasteiger partial charge in [0.1, 0.15) is 0 Å². The van der Waals surface area contributed by atoms with Gasteiger partial charge in [0, 0.05) is 0 Å². The first kappa shape index (κ1) is 42.9. The Morgan fingerprint density at radius 3 is 1.16 bits per heavy atom. The van der Waals surface area contributed by atoms with Gasteiger partial charge in [0.15, 0.2) is 5.41 Å². The van der Waals surface area contributed by atoms with Crippen LogP contribution >= 0.6 is 0 Å². The Morgan fingerprint density at radius 2 is 0.822 bits per heavy atom. The predicted molar refractivity (Wildman–Crippen MR) is 195 cm³/mol. The van der Waals surface area contributed by atoms with Crippen molar-refractivity contribution >= 4 is 11.9 Å². The molecule has 0 spiro atoms. The molecule has 45 heavy (non-hydrogen) atoms. The number of rotatable bonds is 33. The van der Waals surface area contributed by atoms with E-state index in [2.05, 4.69) is 62.5 Å². The molecule has 0 fully saturated rings. The van der Waals surface area contributed by atoms with Gasteiger partial charge in [-0.1, -0.05) is 152 Å². The summed E-state index contributed by atoms with van der Waals surface area (Å²) < 4.78 is 5.29. The molecule has 0 aromatic heterocycles. The van der Waals surface area contributed by atoms with Crippen LogP contribution in [0.3, 0.4) is 0 Å². The standard InChI is InChI=1S/C41H72O4/c1-4-7-9-11-13-15-17-19-21-23-25-27-29-31-33-35-37-41(39(42)43,40(44)45-6-3)38-36-34-32-30-28-26-24-22-20-18-16-14-12-10-8-5-2/h13-16,19-22H,4-12,17-18,23-38H2,1-3H3,(H,42,43)/b15-13-,16-14-,21-19-,22-20-. The molecule has 0 heterocycles. The van der Waals surface area contributed by atoms with Crippen LogP contribution in [-0.4, -0.2) is 23.7 Å². The van der Waals surface area contributed by atoms with Crippen LogP contribution in [0.2, 0.25) is 0 Å². The summed E-state index contributed by atoms with van der Waals surface area (Å²) in [7, 11) is 0. The highest BCUT2D eigenvalue weighted by Gasteiger charge is 2.46. The van der Waals surface area contributed by atoms with Gasteiger partial charge in [-0.25, -0.2) is 0 Å². The third-order valence-electron chi connectivity index (χ3n) is 8.68. The van der Waals surface area contributed by atoms with E-state index in [1.807, 2.05) is 0 Å². The van der Waals surface area contributed by atoms with Crippen molar-refractivity contribution in [3.63, 3.8) is 0 Å². The van der Waals surface area contributed by atoms with E-state index in [-0.39, 0.29) is 6.61 Å². The van der Waals surface area contributed by atoms with Crippen LogP contribution in [0.4, 0.5) is 0 Å². The highest BCUT2D eigenvalue weighted by Crippen LogP contribution is 2.34. The highest BCUT2D eigenvalue weighted by atomic mass is 16.5. The maximum atomic E-state index is 12.9. The average Bonchev–Trinajstić information content (AvgIpc) is 3.03. The number of ether oxygens (including phenoxy) is 1. The van der Waals surface area contributed by atoms with Gasteiger partial charge in [-0.3, -0.25) is 9.59 Å². The Kier molecular flexibility index (Phi) is 31.7. The molecule has 0 amide bonds. The molecule has 260 valence electrons. The Balaban J connectivity index is 4.16. The van der Waals surface area contributed by atoms with E-state index in [1.54, 1.807) is 6.92 Å². The van der Waals surface area contributed by atoms with Gasteiger partial charge in [-0.2, -0.15) is 0 Å². The first-order chi connectivity index (χ1) is 22.0. The topological polar surface area (TPSA) is 63.6 Å². The third-order valence-corrected chi connectivity index (χ3v) is 8.68. The maximum Gasteiger partial charge on any atom is 0.323 e. The van der Waals surface area contributed by atoms with Crippen molar-refractivity contribution in [2.45, 2.75) is 188 Å². The van der Waals surface area contributed by atoms with Crippen LogP contribution in [-0.2, 0) is 14.3 Å². The number of aliphatic carboxylic acids is 1. The molecule has 1 N–H and O–H groups in total. The Labute approximate surface area is 279 Å². The number of hydrogen-bond donors (Lipinski definition) is 1. The number of carbonyl (C=O) groups is 2. The molecule has 0 aliphatic heterocycles. The summed E-state index contributed by atoms with van der Waals surface area (Å²) >= 11 is 0. The minimum atomic E-state index is -1.39. The molecule has 0 atom stereocenters. The minimum Gasteiger partial charge on any atom is -0.480 e. The lowest BCUT2D eigenvalue weighted by molar-refractivity contribution is -0.170. The predicted octanol–water partition coefficient (Wildman–Crippen LogP) is 13.0. The SMILES string of the molecule is CCCCC/C=C\C/C=C\CCCCCCCCC(CCCCCCCC/C=C\C/C=C\CCCCC)(C(=O)O)C(=O)OCC. The van der Waals surface area contributed by atoms with Crippen molar-refractivity contribution in [2.24, 2.45) is 5.41 Å². The lowest BCUT2D eigenvalue weighted by atomic mass is 9.77. The van der Waals surface area contributed by atoms with Crippen molar-refractivity contribution in [1.82, 2.24) is 0 Å². The van der Waals surface area contributed by atoms with Gasteiger partial charge in [-0.15, -0.1) is 0 Å². The molecule has 0 unspecified atom stereocenters. The normalized spacial score (nSPS) is 12.4. The van der Waals surface area contributed by atoms with E-state index in [1.165, 1.54) is 77.0 Å². The summed E-state index contributed by atoms with van der Waals surface area (Å²) in [6.07, 6.45) is 46.4. The van der Waals surface area contributed by atoms with Crippen LogP contribution < -0.4 is 0 Å². The lowest BCUT2D eigenvalue weighted by Gasteiger charge is -2.27. The summed E-state index contributed by atoms with van der Waals surface area (Å²) in [5.41, 5.74) is -1.39. The average molecular weight is 629 g/mol. The Morgan fingerprint density at radius 1 is 0.489 bits per heavy atom. The summed E-state index contributed by atoms with van der Waals surface area (Å²) in [4.78, 5) is 25.3. The van der Waals surface area contributed by atoms with E-state index in [0.29, 0.717) is 12.8 Å². The lowest BCUT2D eigenvalue weighted by Crippen LogP contribution is -2.41. The second kappa shape index (κ2) is 33.3. The fourth-order valence-corrected chi connectivity index (χ4v) is 5.73. The zero-order chi connectivity index (χ0) is 33.1. The van der Waals surface area contributed by atoms with Crippen LogP contribution in [0.1, 0.15) is 188 Å². The summed E-state index contributed by atoms with van der Waals surface area (Å²) in [5.74, 6) is -1.55. The van der Waals surface area contributed by atoms with Gasteiger partial charge in [-0.05, 0) is 84.0 Å². The third kappa shape index (κ3) is 25.7. The van der Waals surface area contributed by atoms with Gasteiger partial charge in [0.05, 0.1) is 6.61 Å². The molecule has 0 aliphatic rings. The van der Waals surface area contributed by atoms with Crippen LogP contribution in [0.15, 0.2) is 48.6 Å². The molecule has 4 heteroatoms. The summed E-state index contributed by atoms with van der Waals surface area (Å²) in [6.45, 7) is 6.46. The molecule has 0 bridgehead atoms. The number of esters is 1. The van der Waals surface area contributed by atoms with E-state index in [4.69, 9.17) is 4.74 Å². The molecule has 0 aromatic rings. The molecule has 0 radical (unpaired) electrons. The zero-order valence-electron chi connectivity index (χ0n) is 29.9. The van der Waals surface area contributed by atoms with Crippen molar-refractivity contribution in [1.29, 1.82) is 0 Å². The zero-order valence-corrected chi connectivity index (χ0v) is 29.9. The summed E-state index contributed by atoms with van der Waals surface area (Å²) in [6, 6.07) is 0. The number of hydrogen-bond acceptors (Lipinski definition) is 3. The smallest absolute Gasteiger partial charge is 0.323 e. The summed E-state index contributed by atoms with van der Waals surface area (Å²) in [5, 5.41) is 10.1. The Bertz CT molecular complexity index is 743. The molecule has 0 rings (SSSR count). The number of unbranched alkanes of at least 4 members (excludes halogenated alkanes) is 18. The quantitative estimate of drug-likeness (QED) is 0.0340. The van der Waals surface area contributed by atoms with E-state index in [9.17, 15) is 14.7 Å². The second-order valence-electron chi connectivity index (χ2n) is 12.8. The van der Waals surface area contributed by atoms with Crippen LogP contribution in [0.25, 0.3) is 0 Å². The molecular weight excluding hydrogens is 556 g/mol. The molecule has 0 aliphatic carbocycles. The van der Waals surface area contributed by atoms with Gasteiger partial charge in [0.2, 0.25) is 0 Å². The first-order valence-electron chi connectivity index (χ1n) is 19.1. The molecule has 0 aromatic carbocycles. The van der Waals surface area contributed by atoms with E-state index < -0.39 is 17.4 Å². The van der Waals surface area contributed by atoms with Crippen molar-refractivity contribution in [3.8, 4) is 0 Å². The van der Waals surface area contributed by atoms with Gasteiger partial charge >= 0.3 is 11.9 Å². The molecule has 0 saturated heterocycles. The fourth-order valence-electron chi connectivity index (χ4n) is 5.73. The largest absolute Gasteiger partial charge is 0.480 e. The minimum absolute atomic E-state index is 0.223. The Hall–Kier alpha value is -2.10. The molecular formula is C41H72O4. The van der Waals surface area contributed by atoms with Gasteiger partial charge in [0.25, 0.3) is 0 Å². The van der Waals surface area contributed by atoms with E-state index >= 15 is 0 Å². The fraction of sp³-hybridized carbons (Fsp3) is 0.756. The monoisotopic (exact) mass is 629 g/mol. The number of allylic oxidation sites excluding steroid dienone is 8. The van der Waals surface area contributed by atoms with E-state index in [0.717, 1.165) is 77.0 Å². The van der Waals surface area contributed by atoms with Crippen LogP contribution in [0.5, 0.6) is 0 Å². The second-order valence-corrected chi connectivity index (χ2v) is 12.8. The van der Waals surface area contributed by atoms with Gasteiger partial charge < -0.3 is 9.84 Å². The maximum absolute atomic E-state index is 12.9. The first-order valence-corrected chi connectivity index (χ1v) is 19.1. The number of carboxylic acid groups (broad SMARTS) is 1. The van der Waals surface area contributed by atoms with Crippen molar-refractivity contribution in [2.75, 3.05) is 6.61 Å². The number of carbonyl (C=O) groups excluding carboxylic acids is 1. The number of carboxylic acids is 1. The van der Waals surface area contributed by atoms with Crippen molar-refractivity contribution in [3.05, 3.63) is 48.6 Å². The van der Waals surface area contributed by atoms with Crippen molar-refractivity contribution < 1.29 is 19.4 Å². The van der Waals surface area contributed by atoms with Crippen LogP contribution in [0, 0.1) is 5.41 Å². The molecule has 0 saturated carbocycles. The molecule has 4 nitrogen and oxygen atoms in total. The highest BCUT2D eigenvalue weighted by molar-refractivity contribution is 5.99.